The van der Waals surface area contributed by atoms with E-state index in [4.69, 9.17) is 14.2 Å². The summed E-state index contributed by atoms with van der Waals surface area (Å²) >= 11 is 0. The van der Waals surface area contributed by atoms with E-state index in [0.29, 0.717) is 35.6 Å². The first-order valence-corrected chi connectivity index (χ1v) is 12.1. The van der Waals surface area contributed by atoms with Crippen LogP contribution in [0.3, 0.4) is 0 Å². The monoisotopic (exact) mass is 489 g/mol. The van der Waals surface area contributed by atoms with E-state index in [1.54, 1.807) is 18.7 Å². The fourth-order valence-corrected chi connectivity index (χ4v) is 5.04. The molecule has 0 saturated carbocycles. The molecule has 5 rings (SSSR count). The van der Waals surface area contributed by atoms with Gasteiger partial charge in [0, 0.05) is 20.6 Å². The number of benzene rings is 2. The molecule has 8 heteroatoms. The van der Waals surface area contributed by atoms with Gasteiger partial charge in [0.05, 0.1) is 42.1 Å². The average Bonchev–Trinajstić information content (AvgIpc) is 3.22. The van der Waals surface area contributed by atoms with Crippen LogP contribution in [0, 0.1) is 6.92 Å². The third kappa shape index (κ3) is 3.73. The maximum Gasteiger partial charge on any atom is 0.331 e. The molecule has 0 aliphatic carbocycles. The first kappa shape index (κ1) is 23.9. The minimum absolute atomic E-state index is 0.000312. The van der Waals surface area contributed by atoms with E-state index >= 15 is 0 Å². The lowest BCUT2D eigenvalue weighted by Crippen LogP contribution is -2.37. The van der Waals surface area contributed by atoms with Crippen molar-refractivity contribution >= 4 is 10.9 Å². The number of hydrogen-bond donors (Lipinski definition) is 0. The van der Waals surface area contributed by atoms with Crippen LogP contribution in [0.15, 0.2) is 52.1 Å². The Morgan fingerprint density at radius 1 is 1.00 bits per heavy atom. The Morgan fingerprint density at radius 2 is 1.72 bits per heavy atom. The molecule has 0 amide bonds. The minimum atomic E-state index is -0.500. The predicted molar refractivity (Wildman–Crippen MR) is 139 cm³/mol. The molecule has 1 aliphatic rings. The lowest BCUT2D eigenvalue weighted by Gasteiger charge is -2.28. The summed E-state index contributed by atoms with van der Waals surface area (Å²) in [6, 6.07) is 13.8. The lowest BCUT2D eigenvalue weighted by molar-refractivity contribution is 0.0477. The molecule has 1 unspecified atom stereocenters. The van der Waals surface area contributed by atoms with Gasteiger partial charge in [-0.15, -0.1) is 0 Å². The number of rotatable bonds is 5. The van der Waals surface area contributed by atoms with Crippen molar-refractivity contribution in [3.63, 3.8) is 0 Å². The molecule has 36 heavy (non-hydrogen) atoms. The summed E-state index contributed by atoms with van der Waals surface area (Å²) in [5, 5.41) is 0.515. The summed E-state index contributed by atoms with van der Waals surface area (Å²) in [5.41, 5.74) is 4.38. The van der Waals surface area contributed by atoms with Crippen molar-refractivity contribution < 1.29 is 14.2 Å². The largest absolute Gasteiger partial charge is 0.493 e. The summed E-state index contributed by atoms with van der Waals surface area (Å²) in [6.07, 6.45) is -0.500. The number of hydrogen-bond acceptors (Lipinski definition) is 5. The highest BCUT2D eigenvalue weighted by atomic mass is 16.5. The van der Waals surface area contributed by atoms with Gasteiger partial charge >= 0.3 is 5.69 Å². The van der Waals surface area contributed by atoms with Crippen LogP contribution in [-0.2, 0) is 25.4 Å². The molecule has 0 N–H and O–H groups in total. The molecule has 1 aliphatic heterocycles. The summed E-state index contributed by atoms with van der Waals surface area (Å²) in [4.78, 5) is 26.5. The Kier molecular flexibility index (Phi) is 6.00. The quantitative estimate of drug-likeness (QED) is 0.425. The molecule has 4 aromatic rings. The Bertz CT molecular complexity index is 1570. The molecule has 8 nitrogen and oxygen atoms in total. The number of methoxy groups -OCH3 is 1. The van der Waals surface area contributed by atoms with Crippen LogP contribution >= 0.6 is 0 Å². The highest BCUT2D eigenvalue weighted by Crippen LogP contribution is 2.42. The van der Waals surface area contributed by atoms with Crippen molar-refractivity contribution in [2.45, 2.75) is 39.5 Å². The normalized spacial score (nSPS) is 15.4. The molecule has 0 bridgehead atoms. The number of ether oxygens (including phenoxy) is 3. The zero-order valence-corrected chi connectivity index (χ0v) is 21.5. The first-order valence-electron chi connectivity index (χ1n) is 12.1. The van der Waals surface area contributed by atoms with Crippen molar-refractivity contribution in [1.29, 1.82) is 0 Å². The van der Waals surface area contributed by atoms with E-state index in [-0.39, 0.29) is 17.4 Å². The zero-order valence-electron chi connectivity index (χ0n) is 21.5. The summed E-state index contributed by atoms with van der Waals surface area (Å²) in [7, 11) is 4.83. The van der Waals surface area contributed by atoms with Gasteiger partial charge in [0.25, 0.3) is 5.56 Å². The van der Waals surface area contributed by atoms with Gasteiger partial charge in [0.15, 0.2) is 11.5 Å². The Labute approximate surface area is 209 Å². The van der Waals surface area contributed by atoms with Gasteiger partial charge in [0.2, 0.25) is 0 Å². The second-order valence-electron chi connectivity index (χ2n) is 9.51. The van der Waals surface area contributed by atoms with Crippen molar-refractivity contribution in [3.05, 3.63) is 80.1 Å². The van der Waals surface area contributed by atoms with Crippen LogP contribution in [0.1, 0.15) is 36.8 Å². The first-order chi connectivity index (χ1) is 17.2. The SMILES string of the molecule is COc1cc(C2OCCn3c(-c4ccc(C)cc4)c4c(=O)n(C)c(=O)n(C)c4c32)ccc1OC(C)C. The van der Waals surface area contributed by atoms with E-state index in [1.807, 2.05) is 63.2 Å². The van der Waals surface area contributed by atoms with Gasteiger partial charge in [-0.25, -0.2) is 4.79 Å². The topological polar surface area (TPSA) is 76.6 Å². The molecule has 0 spiro atoms. The zero-order chi connectivity index (χ0) is 25.7. The fourth-order valence-electron chi connectivity index (χ4n) is 5.04. The van der Waals surface area contributed by atoms with E-state index in [0.717, 1.165) is 28.1 Å². The Hall–Kier alpha value is -3.78. The average molecular weight is 490 g/mol. The van der Waals surface area contributed by atoms with Crippen LogP contribution < -0.4 is 20.7 Å². The third-order valence-corrected chi connectivity index (χ3v) is 6.73. The van der Waals surface area contributed by atoms with Crippen molar-refractivity contribution in [2.24, 2.45) is 14.1 Å². The second kappa shape index (κ2) is 9.02. The maximum atomic E-state index is 13.5. The standard InChI is InChI=1S/C28H31N3O5/c1-16(2)36-20-12-11-19(15-21(20)34-6)26-25-24-22(27(32)30(5)28(33)29(24)4)23(31(25)13-14-35-26)18-9-7-17(3)8-10-18/h7-12,15-16,26H,13-14H2,1-6H3. The summed E-state index contributed by atoms with van der Waals surface area (Å²) in [5.74, 6) is 1.25. The number of nitrogens with zero attached hydrogens (tertiary/aromatic N) is 3. The van der Waals surface area contributed by atoms with Crippen molar-refractivity contribution in [3.8, 4) is 22.8 Å². The lowest BCUT2D eigenvalue weighted by atomic mass is 10.0. The van der Waals surface area contributed by atoms with E-state index in [9.17, 15) is 9.59 Å². The highest BCUT2D eigenvalue weighted by molar-refractivity contribution is 5.96. The second-order valence-corrected chi connectivity index (χ2v) is 9.51. The molecule has 2 aromatic carbocycles. The van der Waals surface area contributed by atoms with Gasteiger partial charge in [-0.05, 0) is 44.0 Å². The fraction of sp³-hybridized carbons (Fsp3) is 0.357. The van der Waals surface area contributed by atoms with Crippen molar-refractivity contribution in [1.82, 2.24) is 13.7 Å². The Morgan fingerprint density at radius 3 is 2.39 bits per heavy atom. The predicted octanol–water partition coefficient (Wildman–Crippen LogP) is 3.93. The number of aryl methyl sites for hydroxylation is 2. The van der Waals surface area contributed by atoms with Gasteiger partial charge in [-0.2, -0.15) is 0 Å². The third-order valence-electron chi connectivity index (χ3n) is 6.73. The van der Waals surface area contributed by atoms with Crippen LogP contribution in [0.4, 0.5) is 0 Å². The Balaban J connectivity index is 1.82. The molecule has 3 heterocycles. The summed E-state index contributed by atoms with van der Waals surface area (Å²) < 4.78 is 22.7. The molecule has 0 radical (unpaired) electrons. The summed E-state index contributed by atoms with van der Waals surface area (Å²) in [6.45, 7) is 6.97. The van der Waals surface area contributed by atoms with Crippen LogP contribution in [0.2, 0.25) is 0 Å². The van der Waals surface area contributed by atoms with Crippen LogP contribution in [-0.4, -0.2) is 33.5 Å². The van der Waals surface area contributed by atoms with Gasteiger partial charge in [-0.1, -0.05) is 35.9 Å². The molecule has 1 atom stereocenters. The smallest absolute Gasteiger partial charge is 0.331 e. The van der Waals surface area contributed by atoms with Crippen LogP contribution in [0.5, 0.6) is 11.5 Å². The van der Waals surface area contributed by atoms with Gasteiger partial charge in [-0.3, -0.25) is 13.9 Å². The number of aromatic nitrogens is 3. The molecular formula is C28H31N3O5. The minimum Gasteiger partial charge on any atom is -0.493 e. The van der Waals surface area contributed by atoms with E-state index in [1.165, 1.54) is 11.6 Å². The maximum absolute atomic E-state index is 13.5. The molecular weight excluding hydrogens is 458 g/mol. The molecule has 2 aromatic heterocycles. The molecule has 0 saturated heterocycles. The molecule has 0 fully saturated rings. The highest BCUT2D eigenvalue weighted by Gasteiger charge is 2.33. The van der Waals surface area contributed by atoms with E-state index in [2.05, 4.69) is 4.57 Å². The van der Waals surface area contributed by atoms with Crippen LogP contribution in [0.25, 0.3) is 22.2 Å². The van der Waals surface area contributed by atoms with Crippen molar-refractivity contribution in [2.75, 3.05) is 13.7 Å². The number of fused-ring (bicyclic) bond motifs is 3. The van der Waals surface area contributed by atoms with E-state index < -0.39 is 6.10 Å². The van der Waals surface area contributed by atoms with Gasteiger partial charge < -0.3 is 18.8 Å². The molecule has 188 valence electrons. The van der Waals surface area contributed by atoms with Gasteiger partial charge in [0.1, 0.15) is 6.10 Å².